The number of rotatable bonds is 5. The fourth-order valence-corrected chi connectivity index (χ4v) is 6.22. The number of hydrogen-bond acceptors (Lipinski definition) is 5. The number of carbonyl (C=O) groups is 1. The average molecular weight is 434 g/mol. The van der Waals surface area contributed by atoms with Crippen LogP contribution < -0.4 is 5.14 Å². The van der Waals surface area contributed by atoms with Crippen molar-refractivity contribution < 1.29 is 14.1 Å². The zero-order chi connectivity index (χ0) is 21.0. The Morgan fingerprint density at radius 1 is 1.41 bits per heavy atom. The predicted molar refractivity (Wildman–Crippen MR) is 114 cm³/mol. The Hall–Kier alpha value is -1.61. The quantitative estimate of drug-likeness (QED) is 0.752. The molecule has 0 saturated heterocycles. The lowest BCUT2D eigenvalue weighted by atomic mass is 9.89. The molecule has 2 aliphatic rings. The van der Waals surface area contributed by atoms with Crippen LogP contribution in [0.5, 0.6) is 0 Å². The van der Waals surface area contributed by atoms with Gasteiger partial charge in [-0.3, -0.25) is 4.79 Å². The van der Waals surface area contributed by atoms with Gasteiger partial charge in [0, 0.05) is 0 Å². The van der Waals surface area contributed by atoms with E-state index in [4.69, 9.17) is 5.14 Å². The van der Waals surface area contributed by atoms with Crippen LogP contribution in [0.3, 0.4) is 0 Å². The minimum Gasteiger partial charge on any atom is -0.383 e. The van der Waals surface area contributed by atoms with Crippen LogP contribution in [-0.4, -0.2) is 20.2 Å². The topological polar surface area (TPSA) is 106 Å². The molecule has 1 amide bonds. The maximum Gasteiger partial charge on any atom is 0.259 e. The summed E-state index contributed by atoms with van der Waals surface area (Å²) in [7, 11) is -3.39. The number of nitrogens with zero attached hydrogens (tertiary/aromatic N) is 2. The highest BCUT2D eigenvalue weighted by Gasteiger charge is 2.30. The summed E-state index contributed by atoms with van der Waals surface area (Å²) in [6, 6.07) is 2.29. The first-order chi connectivity index (χ1) is 13.6. The van der Waals surface area contributed by atoms with Crippen molar-refractivity contribution in [3.63, 3.8) is 0 Å². The van der Waals surface area contributed by atoms with E-state index in [1.807, 2.05) is 0 Å². The number of carbonyl (C=O) groups excluding carboxylic acids is 1. The highest BCUT2D eigenvalue weighted by Crippen LogP contribution is 2.45. The summed E-state index contributed by atoms with van der Waals surface area (Å²) < 4.78 is 17.0. The van der Waals surface area contributed by atoms with Crippen LogP contribution in [0.15, 0.2) is 20.8 Å². The lowest BCUT2D eigenvalue weighted by molar-refractivity contribution is -0.117. The van der Waals surface area contributed by atoms with Gasteiger partial charge in [-0.2, -0.15) is 0 Å². The molecule has 1 aromatic heterocycles. The van der Waals surface area contributed by atoms with Crippen molar-refractivity contribution in [3.8, 4) is 0 Å². The van der Waals surface area contributed by atoms with E-state index < -0.39 is 21.4 Å². The van der Waals surface area contributed by atoms with Crippen LogP contribution in [0.25, 0.3) is 0 Å². The molecule has 1 atom stereocenters. The number of fused-ring (bicyclic) bond motifs is 1. The van der Waals surface area contributed by atoms with Gasteiger partial charge in [0.25, 0.3) is 5.91 Å². The first-order valence-electron chi connectivity index (χ1n) is 9.97. The molecule has 0 bridgehead atoms. The van der Waals surface area contributed by atoms with Gasteiger partial charge >= 0.3 is 0 Å². The summed E-state index contributed by atoms with van der Waals surface area (Å²) in [5.41, 5.74) is 5.11. The molecule has 6 nitrogen and oxygen atoms in total. The van der Waals surface area contributed by atoms with Gasteiger partial charge in [-0.15, -0.1) is 15.7 Å². The second-order valence-corrected chi connectivity index (χ2v) is 11.7. The third kappa shape index (κ3) is 4.17. The fourth-order valence-electron chi connectivity index (χ4n) is 4.08. The van der Waals surface area contributed by atoms with Crippen molar-refractivity contribution in [2.75, 3.05) is 0 Å². The van der Waals surface area contributed by atoms with E-state index in [9.17, 15) is 14.1 Å². The van der Waals surface area contributed by atoms with E-state index in [0.717, 1.165) is 49.0 Å². The Balaban J connectivity index is 1.65. The first-order valence-corrected chi connectivity index (χ1v) is 12.4. The Kier molecular flexibility index (Phi) is 5.17. The summed E-state index contributed by atoms with van der Waals surface area (Å²) >= 11 is 1.02. The van der Waals surface area contributed by atoms with Crippen molar-refractivity contribution in [3.05, 3.63) is 45.1 Å². The third-order valence-electron chi connectivity index (χ3n) is 5.72. The SMILES string of the molecule is Cc1c2c(cc(C3CC3)c1CC(=O)N=[S@@](N)(=O)c1cnc(C(C)(C)O)s1)CCC2. The van der Waals surface area contributed by atoms with Crippen molar-refractivity contribution in [1.29, 1.82) is 0 Å². The zero-order valence-electron chi connectivity index (χ0n) is 17.0. The standard InChI is InChI=1S/C21H27N3O3S2/c1-12-15-6-4-5-14(15)9-17(13-7-8-13)16(12)10-18(25)24-29(22,27)19-11-23-20(28-19)21(2,3)26/h9,11,13,26H,4-8,10H2,1-3H3,(H2,22,24,25,27)/t29-/m1/s1. The van der Waals surface area contributed by atoms with Gasteiger partial charge in [0.1, 0.15) is 14.8 Å². The molecule has 1 aromatic carbocycles. The van der Waals surface area contributed by atoms with Gasteiger partial charge in [-0.05, 0) is 86.6 Å². The molecule has 0 unspecified atom stereocenters. The molecule has 156 valence electrons. The van der Waals surface area contributed by atoms with Gasteiger partial charge in [0.15, 0.2) is 9.92 Å². The van der Waals surface area contributed by atoms with Crippen LogP contribution >= 0.6 is 11.3 Å². The van der Waals surface area contributed by atoms with Crippen molar-refractivity contribution in [2.24, 2.45) is 9.50 Å². The molecule has 4 rings (SSSR count). The molecular formula is C21H27N3O3S2. The summed E-state index contributed by atoms with van der Waals surface area (Å²) in [6.07, 6.45) is 7.10. The molecule has 1 heterocycles. The Labute approximate surface area is 175 Å². The molecule has 29 heavy (non-hydrogen) atoms. The van der Waals surface area contributed by atoms with Crippen LogP contribution in [-0.2, 0) is 39.6 Å². The smallest absolute Gasteiger partial charge is 0.259 e. The number of nitrogens with two attached hydrogens (primary N) is 1. The molecule has 2 aliphatic carbocycles. The van der Waals surface area contributed by atoms with E-state index in [-0.39, 0.29) is 10.6 Å². The Bertz CT molecular complexity index is 1100. The zero-order valence-corrected chi connectivity index (χ0v) is 18.7. The lowest BCUT2D eigenvalue weighted by Gasteiger charge is -2.16. The third-order valence-corrected chi connectivity index (χ3v) is 8.95. The van der Waals surface area contributed by atoms with Crippen LogP contribution in [0.1, 0.15) is 71.9 Å². The van der Waals surface area contributed by atoms with Gasteiger partial charge in [-0.25, -0.2) is 14.3 Å². The molecule has 8 heteroatoms. The van der Waals surface area contributed by atoms with Crippen LogP contribution in [0, 0.1) is 6.92 Å². The fraction of sp³-hybridized carbons (Fsp3) is 0.524. The number of aromatic nitrogens is 1. The number of hydrogen-bond donors (Lipinski definition) is 2. The summed E-state index contributed by atoms with van der Waals surface area (Å²) in [4.78, 5) is 16.8. The van der Waals surface area contributed by atoms with Crippen LogP contribution in [0.2, 0.25) is 0 Å². The van der Waals surface area contributed by atoms with E-state index in [1.54, 1.807) is 13.8 Å². The maximum absolute atomic E-state index is 12.9. The normalized spacial score (nSPS) is 18.4. The monoisotopic (exact) mass is 433 g/mol. The van der Waals surface area contributed by atoms with Gasteiger partial charge in [-0.1, -0.05) is 6.07 Å². The minimum atomic E-state index is -3.39. The molecule has 0 spiro atoms. The second kappa shape index (κ2) is 7.27. The number of benzene rings is 1. The van der Waals surface area contributed by atoms with Gasteiger partial charge in [0.2, 0.25) is 0 Å². The molecule has 3 N–H and O–H groups in total. The highest BCUT2D eigenvalue weighted by atomic mass is 32.2. The average Bonchev–Trinajstić information content (AvgIpc) is 3.13. The van der Waals surface area contributed by atoms with Gasteiger partial charge < -0.3 is 5.11 Å². The van der Waals surface area contributed by atoms with Crippen molar-refractivity contribution in [1.82, 2.24) is 4.98 Å². The van der Waals surface area contributed by atoms with Crippen LogP contribution in [0.4, 0.5) is 0 Å². The molecule has 0 aliphatic heterocycles. The molecule has 1 fully saturated rings. The van der Waals surface area contributed by atoms with Crippen molar-refractivity contribution in [2.45, 2.75) is 75.0 Å². The second-order valence-electron chi connectivity index (χ2n) is 8.61. The number of aryl methyl sites for hydroxylation is 1. The molecule has 0 radical (unpaired) electrons. The number of amides is 1. The summed E-state index contributed by atoms with van der Waals surface area (Å²) in [6.45, 7) is 5.27. The number of thiazole rings is 1. The summed E-state index contributed by atoms with van der Waals surface area (Å²) in [5.74, 6) is 0.0547. The van der Waals surface area contributed by atoms with E-state index in [2.05, 4.69) is 22.3 Å². The number of aliphatic hydroxyl groups is 1. The maximum atomic E-state index is 12.9. The van der Waals surface area contributed by atoms with Gasteiger partial charge in [0.05, 0.1) is 12.6 Å². The molecule has 2 aromatic rings. The van der Waals surface area contributed by atoms with E-state index >= 15 is 0 Å². The first kappa shape index (κ1) is 20.7. The lowest BCUT2D eigenvalue weighted by Crippen LogP contribution is -2.16. The largest absolute Gasteiger partial charge is 0.383 e. The summed E-state index contributed by atoms with van der Waals surface area (Å²) in [5, 5.41) is 16.4. The minimum absolute atomic E-state index is 0.121. The molecular weight excluding hydrogens is 406 g/mol. The van der Waals surface area contributed by atoms with E-state index in [0.29, 0.717) is 10.9 Å². The van der Waals surface area contributed by atoms with E-state index in [1.165, 1.54) is 28.5 Å². The Morgan fingerprint density at radius 3 is 2.76 bits per heavy atom. The molecule has 1 saturated carbocycles. The van der Waals surface area contributed by atoms with Crippen molar-refractivity contribution >= 4 is 27.2 Å². The Morgan fingerprint density at radius 2 is 2.14 bits per heavy atom. The highest BCUT2D eigenvalue weighted by molar-refractivity contribution is 7.93. The predicted octanol–water partition coefficient (Wildman–Crippen LogP) is 3.51.